The smallest absolute Gasteiger partial charge is 0.339 e. The molecule has 0 fully saturated rings. The zero-order chi connectivity index (χ0) is 16.4. The van der Waals surface area contributed by atoms with Gasteiger partial charge in [-0.3, -0.25) is 4.79 Å². The molecule has 1 amide bonds. The lowest BCUT2D eigenvalue weighted by Crippen LogP contribution is -2.27. The summed E-state index contributed by atoms with van der Waals surface area (Å²) < 4.78 is 10.2. The largest absolute Gasteiger partial charge is 0.465 e. The van der Waals surface area contributed by atoms with Gasteiger partial charge in [0.25, 0.3) is 5.91 Å². The van der Waals surface area contributed by atoms with Crippen molar-refractivity contribution in [3.05, 3.63) is 46.2 Å². The molecule has 2 aromatic heterocycles. The second kappa shape index (κ2) is 6.09. The Hall–Kier alpha value is -2.50. The molecule has 6 nitrogen and oxygen atoms in total. The molecule has 0 radical (unpaired) electrons. The molecule has 0 aromatic carbocycles. The first-order chi connectivity index (χ1) is 10.3. The minimum Gasteiger partial charge on any atom is -0.465 e. The Kier molecular flexibility index (Phi) is 4.40. The van der Waals surface area contributed by atoms with Crippen LogP contribution in [0.3, 0.4) is 0 Å². The number of carbonyl (C=O) groups is 2. The van der Waals surface area contributed by atoms with Gasteiger partial charge in [0.1, 0.15) is 17.2 Å². The Balaban J connectivity index is 2.21. The number of nitrogens with one attached hydrogen (secondary N) is 2. The van der Waals surface area contributed by atoms with Crippen LogP contribution in [0, 0.1) is 20.8 Å². The highest BCUT2D eigenvalue weighted by Gasteiger charge is 2.23. The number of furan rings is 1. The van der Waals surface area contributed by atoms with Crippen LogP contribution in [0.5, 0.6) is 0 Å². The summed E-state index contributed by atoms with van der Waals surface area (Å²) in [4.78, 5) is 27.1. The van der Waals surface area contributed by atoms with Crippen LogP contribution >= 0.6 is 0 Å². The van der Waals surface area contributed by atoms with E-state index in [0.29, 0.717) is 28.3 Å². The fourth-order valence-electron chi connectivity index (χ4n) is 2.41. The first kappa shape index (κ1) is 15.9. The Bertz CT molecular complexity index is 712. The van der Waals surface area contributed by atoms with Crippen molar-refractivity contribution in [3.63, 3.8) is 0 Å². The average molecular weight is 304 g/mol. The van der Waals surface area contributed by atoms with Gasteiger partial charge in [0.15, 0.2) is 0 Å². The maximum absolute atomic E-state index is 12.4. The van der Waals surface area contributed by atoms with E-state index in [9.17, 15) is 9.59 Å². The van der Waals surface area contributed by atoms with Crippen LogP contribution in [-0.4, -0.2) is 24.0 Å². The normalized spacial score (nSPS) is 12.0. The van der Waals surface area contributed by atoms with Crippen LogP contribution < -0.4 is 5.32 Å². The minimum atomic E-state index is -0.458. The number of rotatable bonds is 4. The van der Waals surface area contributed by atoms with Crippen molar-refractivity contribution in [1.29, 1.82) is 0 Å². The van der Waals surface area contributed by atoms with E-state index in [4.69, 9.17) is 9.15 Å². The van der Waals surface area contributed by atoms with Crippen molar-refractivity contribution < 1.29 is 18.7 Å². The number of carbonyl (C=O) groups excluding carboxylic acids is 2. The van der Waals surface area contributed by atoms with E-state index in [1.165, 1.54) is 7.11 Å². The summed E-state index contributed by atoms with van der Waals surface area (Å²) in [5.74, 6) is 0.716. The number of aryl methyl sites for hydroxylation is 2. The van der Waals surface area contributed by atoms with E-state index in [2.05, 4.69) is 10.3 Å². The summed E-state index contributed by atoms with van der Waals surface area (Å²) in [6.45, 7) is 7.13. The van der Waals surface area contributed by atoms with Crippen molar-refractivity contribution >= 4 is 11.9 Å². The van der Waals surface area contributed by atoms with E-state index in [0.717, 1.165) is 5.76 Å². The van der Waals surface area contributed by atoms with Gasteiger partial charge in [-0.2, -0.15) is 0 Å². The van der Waals surface area contributed by atoms with Gasteiger partial charge in [0.2, 0.25) is 0 Å². The lowest BCUT2D eigenvalue weighted by molar-refractivity contribution is 0.0599. The summed E-state index contributed by atoms with van der Waals surface area (Å²) in [6.07, 6.45) is 0. The molecule has 0 aliphatic heterocycles. The summed E-state index contributed by atoms with van der Waals surface area (Å²) in [5, 5.41) is 2.85. The number of hydrogen-bond acceptors (Lipinski definition) is 4. The first-order valence-corrected chi connectivity index (χ1v) is 6.99. The summed E-state index contributed by atoms with van der Waals surface area (Å²) in [6, 6.07) is 3.40. The molecule has 2 rings (SSSR count). The summed E-state index contributed by atoms with van der Waals surface area (Å²) >= 11 is 0. The van der Waals surface area contributed by atoms with Gasteiger partial charge in [-0.1, -0.05) is 0 Å². The Morgan fingerprint density at radius 1 is 1.27 bits per heavy atom. The van der Waals surface area contributed by atoms with Crippen LogP contribution in [0.25, 0.3) is 0 Å². The van der Waals surface area contributed by atoms with Gasteiger partial charge in [-0.05, 0) is 45.4 Å². The fourth-order valence-corrected chi connectivity index (χ4v) is 2.41. The average Bonchev–Trinajstić information content (AvgIpc) is 3.02. The van der Waals surface area contributed by atoms with Crippen molar-refractivity contribution in [1.82, 2.24) is 10.3 Å². The standard InChI is InChI=1S/C16H20N2O4/c1-8-6-7-12(22-8)10(3)18-15(19)14-9(2)13(11(4)17-14)16(20)21-5/h6-7,10,17H,1-5H3,(H,18,19)/t10-/m0/s1. The zero-order valence-electron chi connectivity index (χ0n) is 13.4. The molecular weight excluding hydrogens is 284 g/mol. The molecule has 0 spiro atoms. The van der Waals surface area contributed by atoms with Crippen molar-refractivity contribution in [2.24, 2.45) is 0 Å². The van der Waals surface area contributed by atoms with E-state index >= 15 is 0 Å². The number of H-pyrrole nitrogens is 1. The molecule has 118 valence electrons. The van der Waals surface area contributed by atoms with Crippen LogP contribution in [0.2, 0.25) is 0 Å². The predicted molar refractivity (Wildman–Crippen MR) is 80.9 cm³/mol. The second-order valence-electron chi connectivity index (χ2n) is 5.26. The van der Waals surface area contributed by atoms with Crippen LogP contribution in [0.4, 0.5) is 0 Å². The molecule has 0 bridgehead atoms. The highest BCUT2D eigenvalue weighted by molar-refractivity contribution is 6.00. The van der Waals surface area contributed by atoms with Gasteiger partial charge in [0, 0.05) is 5.69 Å². The fraction of sp³-hybridized carbons (Fsp3) is 0.375. The van der Waals surface area contributed by atoms with E-state index in [-0.39, 0.29) is 11.9 Å². The molecule has 0 aliphatic rings. The van der Waals surface area contributed by atoms with E-state index in [1.54, 1.807) is 13.8 Å². The molecule has 2 aromatic rings. The third kappa shape index (κ3) is 2.90. The van der Waals surface area contributed by atoms with Crippen LogP contribution in [-0.2, 0) is 4.74 Å². The van der Waals surface area contributed by atoms with Gasteiger partial charge in [0.05, 0.1) is 18.7 Å². The van der Waals surface area contributed by atoms with E-state index in [1.807, 2.05) is 26.0 Å². The highest BCUT2D eigenvalue weighted by atomic mass is 16.5. The van der Waals surface area contributed by atoms with E-state index < -0.39 is 5.97 Å². The molecule has 22 heavy (non-hydrogen) atoms. The number of ether oxygens (including phenoxy) is 1. The Morgan fingerprint density at radius 3 is 2.50 bits per heavy atom. The predicted octanol–water partition coefficient (Wildman–Crippen LogP) is 2.81. The van der Waals surface area contributed by atoms with Crippen molar-refractivity contribution in [2.75, 3.05) is 7.11 Å². The number of methoxy groups -OCH3 is 1. The van der Waals surface area contributed by atoms with Gasteiger partial charge < -0.3 is 19.5 Å². The molecule has 0 saturated carbocycles. The zero-order valence-corrected chi connectivity index (χ0v) is 13.4. The molecule has 1 atom stereocenters. The molecule has 0 saturated heterocycles. The van der Waals surface area contributed by atoms with Gasteiger partial charge >= 0.3 is 5.97 Å². The number of amides is 1. The Labute approximate surface area is 128 Å². The highest BCUT2D eigenvalue weighted by Crippen LogP contribution is 2.21. The number of aromatic amines is 1. The van der Waals surface area contributed by atoms with Gasteiger partial charge in [-0.15, -0.1) is 0 Å². The molecule has 0 unspecified atom stereocenters. The van der Waals surface area contributed by atoms with Gasteiger partial charge in [-0.25, -0.2) is 4.79 Å². The SMILES string of the molecule is COC(=O)c1c(C)[nH]c(C(=O)N[C@@H](C)c2ccc(C)o2)c1C. The lowest BCUT2D eigenvalue weighted by atomic mass is 10.1. The summed E-state index contributed by atoms with van der Waals surface area (Å²) in [5.41, 5.74) is 1.93. The van der Waals surface area contributed by atoms with Crippen molar-refractivity contribution in [2.45, 2.75) is 33.7 Å². The third-order valence-electron chi connectivity index (χ3n) is 3.59. The maximum atomic E-state index is 12.4. The second-order valence-corrected chi connectivity index (χ2v) is 5.26. The molecule has 6 heteroatoms. The topological polar surface area (TPSA) is 84.3 Å². The minimum absolute atomic E-state index is 0.272. The monoisotopic (exact) mass is 304 g/mol. The van der Waals surface area contributed by atoms with Crippen LogP contribution in [0.1, 0.15) is 56.6 Å². The quantitative estimate of drug-likeness (QED) is 0.851. The van der Waals surface area contributed by atoms with Crippen molar-refractivity contribution in [3.8, 4) is 0 Å². The number of aromatic nitrogens is 1. The summed E-state index contributed by atoms with van der Waals surface area (Å²) in [7, 11) is 1.31. The number of esters is 1. The molecule has 2 N–H and O–H groups in total. The third-order valence-corrected chi connectivity index (χ3v) is 3.59. The van der Waals surface area contributed by atoms with Crippen LogP contribution in [0.15, 0.2) is 16.5 Å². The Morgan fingerprint density at radius 2 is 1.95 bits per heavy atom. The molecule has 0 aliphatic carbocycles. The first-order valence-electron chi connectivity index (χ1n) is 6.99. The number of hydrogen-bond donors (Lipinski definition) is 2. The maximum Gasteiger partial charge on any atom is 0.339 e. The molecule has 2 heterocycles. The lowest BCUT2D eigenvalue weighted by Gasteiger charge is -2.11. The molecular formula is C16H20N2O4.